The third-order valence-electron chi connectivity index (χ3n) is 2.87. The van der Waals surface area contributed by atoms with Crippen LogP contribution >= 0.6 is 0 Å². The molecule has 2 rings (SSSR count). The van der Waals surface area contributed by atoms with Gasteiger partial charge in [0.05, 0.1) is 23.1 Å². The first kappa shape index (κ1) is 14.4. The number of alkyl halides is 3. The maximum atomic E-state index is 12.9. The minimum atomic E-state index is -4.36. The molecule has 0 spiro atoms. The number of hydrogen-bond donors (Lipinski definition) is 3. The van der Waals surface area contributed by atoms with Gasteiger partial charge in [0, 0.05) is 19.5 Å². The molecule has 1 heterocycles. The third-order valence-corrected chi connectivity index (χ3v) is 2.87. The van der Waals surface area contributed by atoms with E-state index >= 15 is 0 Å². The van der Waals surface area contributed by atoms with Crippen molar-refractivity contribution in [2.75, 3.05) is 18.4 Å². The van der Waals surface area contributed by atoms with Crippen molar-refractivity contribution < 1.29 is 13.2 Å². The van der Waals surface area contributed by atoms with Crippen LogP contribution < -0.4 is 11.1 Å². The number of anilines is 1. The minimum Gasteiger partial charge on any atom is -0.381 e. The molecular formula is C13H15F3N4. The van der Waals surface area contributed by atoms with E-state index in [0.717, 1.165) is 6.07 Å². The van der Waals surface area contributed by atoms with Crippen molar-refractivity contribution in [3.05, 3.63) is 47.3 Å². The molecule has 0 amide bonds. The van der Waals surface area contributed by atoms with E-state index in [1.165, 1.54) is 12.1 Å². The SMILES string of the molecule is NCCNc1cn[nH]c1Cc1ccccc1C(F)(F)F. The summed E-state index contributed by atoms with van der Waals surface area (Å²) in [4.78, 5) is 0. The molecule has 0 aliphatic carbocycles. The van der Waals surface area contributed by atoms with Crippen LogP contribution in [0.25, 0.3) is 0 Å². The molecule has 0 aliphatic rings. The van der Waals surface area contributed by atoms with Crippen molar-refractivity contribution in [2.45, 2.75) is 12.6 Å². The van der Waals surface area contributed by atoms with Gasteiger partial charge in [-0.25, -0.2) is 0 Å². The van der Waals surface area contributed by atoms with Crippen molar-refractivity contribution in [3.63, 3.8) is 0 Å². The van der Waals surface area contributed by atoms with Gasteiger partial charge in [-0.1, -0.05) is 18.2 Å². The normalized spacial score (nSPS) is 11.6. The Labute approximate surface area is 114 Å². The largest absolute Gasteiger partial charge is 0.416 e. The minimum absolute atomic E-state index is 0.128. The van der Waals surface area contributed by atoms with Gasteiger partial charge >= 0.3 is 6.18 Å². The number of nitrogens with zero attached hydrogens (tertiary/aromatic N) is 1. The molecule has 2 aromatic rings. The summed E-state index contributed by atoms with van der Waals surface area (Å²) in [6.07, 6.45) is -2.69. The lowest BCUT2D eigenvalue weighted by Gasteiger charge is -2.12. The molecular weight excluding hydrogens is 269 g/mol. The Kier molecular flexibility index (Phi) is 4.29. The number of hydrogen-bond acceptors (Lipinski definition) is 3. The molecule has 4 nitrogen and oxygen atoms in total. The number of benzene rings is 1. The van der Waals surface area contributed by atoms with E-state index < -0.39 is 11.7 Å². The third kappa shape index (κ3) is 3.30. The Balaban J connectivity index is 2.25. The molecule has 4 N–H and O–H groups in total. The smallest absolute Gasteiger partial charge is 0.381 e. The van der Waals surface area contributed by atoms with Crippen LogP contribution in [0.5, 0.6) is 0 Å². The fraction of sp³-hybridized carbons (Fsp3) is 0.308. The van der Waals surface area contributed by atoms with Crippen LogP contribution in [0.2, 0.25) is 0 Å². The topological polar surface area (TPSA) is 66.7 Å². The van der Waals surface area contributed by atoms with Crippen LogP contribution in [-0.4, -0.2) is 23.3 Å². The number of aromatic amines is 1. The number of nitrogens with one attached hydrogen (secondary N) is 2. The molecule has 1 aromatic heterocycles. The highest BCUT2D eigenvalue weighted by molar-refractivity contribution is 5.48. The van der Waals surface area contributed by atoms with Crippen LogP contribution in [0.3, 0.4) is 0 Å². The van der Waals surface area contributed by atoms with Gasteiger partial charge in [0.15, 0.2) is 0 Å². The number of rotatable bonds is 5. The van der Waals surface area contributed by atoms with Crippen molar-refractivity contribution in [1.82, 2.24) is 10.2 Å². The lowest BCUT2D eigenvalue weighted by Crippen LogP contribution is -2.14. The van der Waals surface area contributed by atoms with E-state index in [1.807, 2.05) is 0 Å². The zero-order valence-corrected chi connectivity index (χ0v) is 10.7. The van der Waals surface area contributed by atoms with Gasteiger partial charge in [-0.2, -0.15) is 18.3 Å². The van der Waals surface area contributed by atoms with E-state index in [-0.39, 0.29) is 12.0 Å². The summed E-state index contributed by atoms with van der Waals surface area (Å²) < 4.78 is 38.8. The number of halogens is 3. The molecule has 7 heteroatoms. The van der Waals surface area contributed by atoms with Crippen molar-refractivity contribution in [3.8, 4) is 0 Å². The Morgan fingerprint density at radius 2 is 2.00 bits per heavy atom. The van der Waals surface area contributed by atoms with Crippen LogP contribution in [0, 0.1) is 0 Å². The average molecular weight is 284 g/mol. The summed E-state index contributed by atoms with van der Waals surface area (Å²) >= 11 is 0. The molecule has 0 saturated heterocycles. The number of H-pyrrole nitrogens is 1. The molecule has 20 heavy (non-hydrogen) atoms. The second-order valence-corrected chi connectivity index (χ2v) is 4.31. The highest BCUT2D eigenvalue weighted by Gasteiger charge is 2.33. The first-order chi connectivity index (χ1) is 9.52. The van der Waals surface area contributed by atoms with E-state index in [9.17, 15) is 13.2 Å². The Bertz CT molecular complexity index is 563. The van der Waals surface area contributed by atoms with E-state index in [0.29, 0.717) is 24.5 Å². The van der Waals surface area contributed by atoms with Gasteiger partial charge in [-0.15, -0.1) is 0 Å². The monoisotopic (exact) mass is 284 g/mol. The number of nitrogens with two attached hydrogens (primary N) is 1. The molecule has 0 fully saturated rings. The summed E-state index contributed by atoms with van der Waals surface area (Å²) in [6, 6.07) is 5.52. The molecule has 0 unspecified atom stereocenters. The van der Waals surface area contributed by atoms with Crippen molar-refractivity contribution in [2.24, 2.45) is 5.73 Å². The maximum Gasteiger partial charge on any atom is 0.416 e. The fourth-order valence-corrected chi connectivity index (χ4v) is 1.95. The predicted molar refractivity (Wildman–Crippen MR) is 70.4 cm³/mol. The van der Waals surface area contributed by atoms with Crippen molar-refractivity contribution >= 4 is 5.69 Å². The molecule has 1 aromatic carbocycles. The standard InChI is InChI=1S/C13H15F3N4/c14-13(15,16)10-4-2-1-3-9(10)7-11-12(8-19-20-11)18-6-5-17/h1-4,8,18H,5-7,17H2,(H,19,20). The zero-order valence-electron chi connectivity index (χ0n) is 10.7. The predicted octanol–water partition coefficient (Wildman–Crippen LogP) is 2.39. The Hall–Kier alpha value is -2.02. The summed E-state index contributed by atoms with van der Waals surface area (Å²) in [5, 5.41) is 9.60. The highest BCUT2D eigenvalue weighted by atomic mass is 19.4. The maximum absolute atomic E-state index is 12.9. The van der Waals surface area contributed by atoms with Crippen LogP contribution in [0.15, 0.2) is 30.5 Å². The van der Waals surface area contributed by atoms with Crippen LogP contribution in [-0.2, 0) is 12.6 Å². The van der Waals surface area contributed by atoms with Gasteiger partial charge in [0.2, 0.25) is 0 Å². The molecule has 0 radical (unpaired) electrons. The van der Waals surface area contributed by atoms with E-state index in [4.69, 9.17) is 5.73 Å². The molecule has 108 valence electrons. The summed E-state index contributed by atoms with van der Waals surface area (Å²) in [5.41, 5.74) is 6.25. The second kappa shape index (κ2) is 5.96. The van der Waals surface area contributed by atoms with Gasteiger partial charge < -0.3 is 11.1 Å². The van der Waals surface area contributed by atoms with Crippen molar-refractivity contribution in [1.29, 1.82) is 0 Å². The zero-order chi connectivity index (χ0) is 14.6. The Morgan fingerprint density at radius 1 is 1.25 bits per heavy atom. The van der Waals surface area contributed by atoms with Gasteiger partial charge in [-0.05, 0) is 11.6 Å². The summed E-state index contributed by atoms with van der Waals surface area (Å²) in [7, 11) is 0. The first-order valence-electron chi connectivity index (χ1n) is 6.13. The van der Waals surface area contributed by atoms with Crippen LogP contribution in [0.1, 0.15) is 16.8 Å². The Morgan fingerprint density at radius 3 is 2.70 bits per heavy atom. The van der Waals surface area contributed by atoms with Gasteiger partial charge in [0.1, 0.15) is 0 Å². The van der Waals surface area contributed by atoms with E-state index in [1.54, 1.807) is 12.3 Å². The summed E-state index contributed by atoms with van der Waals surface area (Å²) in [6.45, 7) is 0.969. The van der Waals surface area contributed by atoms with E-state index in [2.05, 4.69) is 15.5 Å². The molecule has 0 bridgehead atoms. The van der Waals surface area contributed by atoms with Crippen LogP contribution in [0.4, 0.5) is 18.9 Å². The molecule has 0 atom stereocenters. The lowest BCUT2D eigenvalue weighted by molar-refractivity contribution is -0.138. The molecule has 0 aliphatic heterocycles. The number of aromatic nitrogens is 2. The molecule has 0 saturated carbocycles. The lowest BCUT2D eigenvalue weighted by atomic mass is 10.0. The second-order valence-electron chi connectivity index (χ2n) is 4.31. The first-order valence-corrected chi connectivity index (χ1v) is 6.13. The van der Waals surface area contributed by atoms with Gasteiger partial charge in [0.25, 0.3) is 0 Å². The average Bonchev–Trinajstić information content (AvgIpc) is 2.83. The highest BCUT2D eigenvalue weighted by Crippen LogP contribution is 2.33. The van der Waals surface area contributed by atoms with Gasteiger partial charge in [-0.3, -0.25) is 5.10 Å². The quantitative estimate of drug-likeness (QED) is 0.789. The fourth-order valence-electron chi connectivity index (χ4n) is 1.95. The summed E-state index contributed by atoms with van der Waals surface area (Å²) in [5.74, 6) is 0.